The Labute approximate surface area is 118 Å². The van der Waals surface area contributed by atoms with Gasteiger partial charge in [0.2, 0.25) is 10.0 Å². The van der Waals surface area contributed by atoms with Gasteiger partial charge in [-0.1, -0.05) is 13.8 Å². The fraction of sp³-hybridized carbons (Fsp3) is 0.538. The summed E-state index contributed by atoms with van der Waals surface area (Å²) < 4.78 is 52.5. The van der Waals surface area contributed by atoms with Crippen molar-refractivity contribution in [3.63, 3.8) is 0 Å². The first-order chi connectivity index (χ1) is 9.21. The van der Waals surface area contributed by atoms with Crippen LogP contribution in [0.1, 0.15) is 25.8 Å². The van der Waals surface area contributed by atoms with Crippen LogP contribution < -0.4 is 10.0 Å². The van der Waals surface area contributed by atoms with Gasteiger partial charge in [0.05, 0.1) is 11.4 Å². The minimum Gasteiger partial charge on any atom is -0.314 e. The van der Waals surface area contributed by atoms with Crippen LogP contribution in [0.5, 0.6) is 0 Å². The zero-order valence-corrected chi connectivity index (χ0v) is 12.7. The third-order valence-corrected chi connectivity index (χ3v) is 4.01. The van der Waals surface area contributed by atoms with Gasteiger partial charge in [-0.2, -0.15) is 0 Å². The Kier molecular flexibility index (Phi) is 5.88. The fourth-order valence-corrected chi connectivity index (χ4v) is 2.71. The van der Waals surface area contributed by atoms with Crippen LogP contribution in [-0.4, -0.2) is 26.8 Å². The van der Waals surface area contributed by atoms with Gasteiger partial charge in [0.1, 0.15) is 11.6 Å². The van der Waals surface area contributed by atoms with Crippen molar-refractivity contribution in [2.75, 3.05) is 17.0 Å². The molecule has 0 saturated heterocycles. The molecule has 20 heavy (non-hydrogen) atoms. The minimum atomic E-state index is -3.68. The Bertz CT molecular complexity index is 560. The molecule has 1 rings (SSSR count). The lowest BCUT2D eigenvalue weighted by molar-refractivity contribution is 0.570. The predicted octanol–water partition coefficient (Wildman–Crippen LogP) is 2.40. The van der Waals surface area contributed by atoms with Crippen molar-refractivity contribution in [3.8, 4) is 0 Å². The summed E-state index contributed by atoms with van der Waals surface area (Å²) in [6, 6.07) is 2.09. The predicted molar refractivity (Wildman–Crippen MR) is 76.3 cm³/mol. The molecule has 2 N–H and O–H groups in total. The summed E-state index contributed by atoms with van der Waals surface area (Å²) in [6.45, 7) is 5.87. The zero-order valence-electron chi connectivity index (χ0n) is 11.8. The van der Waals surface area contributed by atoms with Crippen molar-refractivity contribution in [2.45, 2.75) is 33.2 Å². The molecule has 0 spiro atoms. The number of aryl methyl sites for hydroxylation is 1. The van der Waals surface area contributed by atoms with Gasteiger partial charge in [0, 0.05) is 12.1 Å². The van der Waals surface area contributed by atoms with Crippen LogP contribution in [0.15, 0.2) is 12.1 Å². The number of rotatable bonds is 7. The van der Waals surface area contributed by atoms with Crippen molar-refractivity contribution >= 4 is 15.7 Å². The molecule has 0 heterocycles. The summed E-state index contributed by atoms with van der Waals surface area (Å²) in [4.78, 5) is 0. The van der Waals surface area contributed by atoms with Gasteiger partial charge < -0.3 is 5.32 Å². The molecule has 0 unspecified atom stereocenters. The number of nitrogens with one attached hydrogen (secondary N) is 2. The highest BCUT2D eigenvalue weighted by Crippen LogP contribution is 2.20. The molecule has 0 aliphatic carbocycles. The van der Waals surface area contributed by atoms with E-state index in [-0.39, 0.29) is 23.0 Å². The van der Waals surface area contributed by atoms with E-state index in [9.17, 15) is 17.2 Å². The largest absolute Gasteiger partial charge is 0.314 e. The molecular formula is C13H20F2N2O2S. The van der Waals surface area contributed by atoms with Crippen LogP contribution in [0.3, 0.4) is 0 Å². The summed E-state index contributed by atoms with van der Waals surface area (Å²) in [5.74, 6) is -1.58. The SMILES string of the molecule is Cc1cc(F)c(NS(=O)(=O)CCCNC(C)C)cc1F. The Morgan fingerprint density at radius 3 is 2.45 bits per heavy atom. The molecular weight excluding hydrogens is 286 g/mol. The molecule has 0 radical (unpaired) electrons. The molecule has 0 bridgehead atoms. The molecule has 1 aromatic carbocycles. The monoisotopic (exact) mass is 306 g/mol. The third-order valence-electron chi connectivity index (χ3n) is 2.66. The molecule has 0 aliphatic rings. The molecule has 1 aromatic rings. The second-order valence-corrected chi connectivity index (χ2v) is 6.81. The van der Waals surface area contributed by atoms with Crippen LogP contribution in [0, 0.1) is 18.6 Å². The highest BCUT2D eigenvalue weighted by molar-refractivity contribution is 7.92. The molecule has 114 valence electrons. The van der Waals surface area contributed by atoms with Gasteiger partial charge in [-0.15, -0.1) is 0 Å². The second kappa shape index (κ2) is 6.99. The van der Waals surface area contributed by atoms with Gasteiger partial charge in [-0.25, -0.2) is 17.2 Å². The number of hydrogen-bond donors (Lipinski definition) is 2. The Hall–Kier alpha value is -1.21. The molecule has 0 fully saturated rings. The minimum absolute atomic E-state index is 0.131. The molecule has 0 aromatic heterocycles. The zero-order chi connectivity index (χ0) is 15.3. The lowest BCUT2D eigenvalue weighted by Crippen LogP contribution is -2.26. The quantitative estimate of drug-likeness (QED) is 0.761. The van der Waals surface area contributed by atoms with E-state index in [0.717, 1.165) is 12.1 Å². The maximum Gasteiger partial charge on any atom is 0.232 e. The number of hydrogen-bond acceptors (Lipinski definition) is 3. The van der Waals surface area contributed by atoms with Crippen LogP contribution in [0.4, 0.5) is 14.5 Å². The van der Waals surface area contributed by atoms with Gasteiger partial charge in [0.15, 0.2) is 0 Å². The first-order valence-corrected chi connectivity index (χ1v) is 8.06. The van der Waals surface area contributed by atoms with Crippen LogP contribution in [-0.2, 0) is 10.0 Å². The van der Waals surface area contributed by atoms with E-state index < -0.39 is 21.7 Å². The van der Waals surface area contributed by atoms with Gasteiger partial charge in [-0.3, -0.25) is 4.72 Å². The van der Waals surface area contributed by atoms with Crippen molar-refractivity contribution < 1.29 is 17.2 Å². The maximum absolute atomic E-state index is 13.5. The Morgan fingerprint density at radius 2 is 1.85 bits per heavy atom. The lowest BCUT2D eigenvalue weighted by atomic mass is 10.2. The molecule has 0 amide bonds. The fourth-order valence-electron chi connectivity index (χ4n) is 1.60. The van der Waals surface area contributed by atoms with E-state index in [1.807, 2.05) is 13.8 Å². The Morgan fingerprint density at radius 1 is 1.20 bits per heavy atom. The van der Waals surface area contributed by atoms with Gasteiger partial charge in [-0.05, 0) is 31.5 Å². The van der Waals surface area contributed by atoms with Crippen LogP contribution in [0.25, 0.3) is 0 Å². The van der Waals surface area contributed by atoms with Crippen molar-refractivity contribution in [3.05, 3.63) is 29.3 Å². The first-order valence-electron chi connectivity index (χ1n) is 6.41. The molecule has 4 nitrogen and oxygen atoms in total. The standard InChI is InChI=1S/C13H20F2N2O2S/c1-9(2)16-5-4-6-20(18,19)17-13-8-11(14)10(3)7-12(13)15/h7-9,16-17H,4-6H2,1-3H3. The van der Waals surface area contributed by atoms with E-state index in [4.69, 9.17) is 0 Å². The number of anilines is 1. The second-order valence-electron chi connectivity index (χ2n) is 4.96. The normalized spacial score (nSPS) is 11.9. The third kappa shape index (κ3) is 5.42. The van der Waals surface area contributed by atoms with Crippen LogP contribution >= 0.6 is 0 Å². The van der Waals surface area contributed by atoms with Crippen molar-refractivity contribution in [2.24, 2.45) is 0 Å². The number of halogens is 2. The summed E-state index contributed by atoms with van der Waals surface area (Å²) >= 11 is 0. The number of benzene rings is 1. The maximum atomic E-state index is 13.5. The van der Waals surface area contributed by atoms with E-state index in [1.165, 1.54) is 6.92 Å². The van der Waals surface area contributed by atoms with Crippen LogP contribution in [0.2, 0.25) is 0 Å². The average Bonchev–Trinajstić information content (AvgIpc) is 2.31. The summed E-state index contributed by atoms with van der Waals surface area (Å²) in [5, 5.41) is 3.08. The highest BCUT2D eigenvalue weighted by atomic mass is 32.2. The lowest BCUT2D eigenvalue weighted by Gasteiger charge is -2.11. The summed E-state index contributed by atoms with van der Waals surface area (Å²) in [7, 11) is -3.68. The van der Waals surface area contributed by atoms with E-state index in [0.29, 0.717) is 13.0 Å². The van der Waals surface area contributed by atoms with E-state index in [2.05, 4.69) is 10.0 Å². The number of sulfonamides is 1. The molecule has 0 aliphatic heterocycles. The Balaban J connectivity index is 2.65. The van der Waals surface area contributed by atoms with Gasteiger partial charge >= 0.3 is 0 Å². The van der Waals surface area contributed by atoms with Crippen molar-refractivity contribution in [1.82, 2.24) is 5.32 Å². The molecule has 0 saturated carbocycles. The topological polar surface area (TPSA) is 58.2 Å². The average molecular weight is 306 g/mol. The molecule has 0 atom stereocenters. The highest BCUT2D eigenvalue weighted by Gasteiger charge is 2.15. The van der Waals surface area contributed by atoms with Gasteiger partial charge in [0.25, 0.3) is 0 Å². The first kappa shape index (κ1) is 16.8. The summed E-state index contributed by atoms with van der Waals surface area (Å²) in [5.41, 5.74) is -0.225. The van der Waals surface area contributed by atoms with E-state index in [1.54, 1.807) is 0 Å². The smallest absolute Gasteiger partial charge is 0.232 e. The van der Waals surface area contributed by atoms with Crippen molar-refractivity contribution in [1.29, 1.82) is 0 Å². The summed E-state index contributed by atoms with van der Waals surface area (Å²) in [6.07, 6.45) is 0.392. The molecule has 7 heteroatoms. The van der Waals surface area contributed by atoms with E-state index >= 15 is 0 Å².